The molecule has 2 saturated heterocycles. The fraction of sp³-hybridized carbons (Fsp3) is 0.432. The van der Waals surface area contributed by atoms with E-state index in [0.29, 0.717) is 51.4 Å². The van der Waals surface area contributed by atoms with Gasteiger partial charge in [0.1, 0.15) is 12.4 Å². The summed E-state index contributed by atoms with van der Waals surface area (Å²) in [5.74, 6) is 0.783. The van der Waals surface area contributed by atoms with Crippen LogP contribution in [0.5, 0.6) is 6.01 Å². The molecule has 2 aromatic carbocycles. The molecule has 0 radical (unpaired) electrons. The van der Waals surface area contributed by atoms with Crippen LogP contribution in [0.3, 0.4) is 0 Å². The lowest BCUT2D eigenvalue weighted by atomic mass is 9.99. The monoisotopic (exact) mass is 645 g/mol. The van der Waals surface area contributed by atoms with Gasteiger partial charge in [0, 0.05) is 67.3 Å². The number of ether oxygens (including phenoxy) is 1. The molecule has 0 saturated carbocycles. The van der Waals surface area contributed by atoms with Crippen LogP contribution in [0.1, 0.15) is 36.1 Å². The molecule has 0 N–H and O–H groups in total. The van der Waals surface area contributed by atoms with E-state index in [4.69, 9.17) is 14.7 Å². The van der Waals surface area contributed by atoms with Crippen LogP contribution in [0.2, 0.25) is 0 Å². The Morgan fingerprint density at radius 2 is 1.94 bits per heavy atom. The zero-order valence-electron chi connectivity index (χ0n) is 27.8. The Morgan fingerprint density at radius 1 is 1.06 bits per heavy atom. The number of likely N-dealkylation sites (N-methyl/N-ethyl adjacent to an activating group) is 1. The van der Waals surface area contributed by atoms with Crippen LogP contribution in [-0.4, -0.2) is 93.9 Å². The van der Waals surface area contributed by atoms with Crippen molar-refractivity contribution in [1.82, 2.24) is 29.5 Å². The van der Waals surface area contributed by atoms with Gasteiger partial charge in [0.25, 0.3) is 0 Å². The van der Waals surface area contributed by atoms with Crippen LogP contribution in [-0.2, 0) is 24.3 Å². The second-order valence-electron chi connectivity index (χ2n) is 13.1. The highest BCUT2D eigenvalue weighted by Gasteiger charge is 2.34. The number of anilines is 2. The third kappa shape index (κ3) is 6.58. The molecule has 48 heavy (non-hydrogen) atoms. The number of nitriles is 1. The van der Waals surface area contributed by atoms with Crippen molar-refractivity contribution >= 4 is 28.2 Å². The van der Waals surface area contributed by atoms with Crippen LogP contribution >= 0.6 is 0 Å². The number of nitrogens with zero attached hydrogens (tertiary/aromatic N) is 9. The summed E-state index contributed by atoms with van der Waals surface area (Å²) in [6.07, 6.45) is 10.3. The number of rotatable bonds is 9. The molecular formula is C37H43N9O2. The van der Waals surface area contributed by atoms with Crippen molar-refractivity contribution in [2.45, 2.75) is 57.8 Å². The Kier molecular flexibility index (Phi) is 9.25. The Bertz CT molecular complexity index is 1830. The summed E-state index contributed by atoms with van der Waals surface area (Å²) in [5, 5.41) is 16.5. The third-order valence-corrected chi connectivity index (χ3v) is 10.0. The van der Waals surface area contributed by atoms with Crippen LogP contribution in [0.15, 0.2) is 67.0 Å². The molecule has 248 valence electrons. The molecule has 0 aliphatic carbocycles. The minimum atomic E-state index is -0.258. The van der Waals surface area contributed by atoms with Gasteiger partial charge in [-0.15, -0.1) is 0 Å². The molecule has 0 spiro atoms. The summed E-state index contributed by atoms with van der Waals surface area (Å²) >= 11 is 0. The third-order valence-electron chi connectivity index (χ3n) is 10.0. The Morgan fingerprint density at radius 3 is 2.73 bits per heavy atom. The first-order valence-electron chi connectivity index (χ1n) is 17.0. The molecule has 2 aromatic heterocycles. The van der Waals surface area contributed by atoms with E-state index >= 15 is 0 Å². The van der Waals surface area contributed by atoms with E-state index in [-0.39, 0.29) is 18.4 Å². The number of hydrogen-bond donors (Lipinski definition) is 0. The molecule has 11 nitrogen and oxygen atoms in total. The lowest BCUT2D eigenvalue weighted by Crippen LogP contribution is -2.55. The van der Waals surface area contributed by atoms with E-state index in [1.807, 2.05) is 23.2 Å². The van der Waals surface area contributed by atoms with Crippen molar-refractivity contribution in [3.8, 4) is 12.1 Å². The molecule has 2 fully saturated rings. The van der Waals surface area contributed by atoms with E-state index in [1.165, 1.54) is 28.4 Å². The lowest BCUT2D eigenvalue weighted by Gasteiger charge is -2.42. The molecule has 11 heteroatoms. The fourth-order valence-electron chi connectivity index (χ4n) is 7.43. The summed E-state index contributed by atoms with van der Waals surface area (Å²) in [7, 11) is 2.15. The Hall–Kier alpha value is -4.95. The largest absolute Gasteiger partial charge is 0.462 e. The number of fused-ring (bicyclic) bond motifs is 2. The standard InChI is InChI=1S/C37H43N9O2/c1-27-8-3-9-28-10-4-12-33(35(27)28)43-21-15-31-32(25-43)40-37(48-26-30-11-5-18-42(30)2)41-36(31)44-22-23-46(29(24-44)14-16-38)34(47)13-6-19-45-20-7-17-39-45/h3-4,6-10,12-13,17,20,29-30H,5,11,14-15,18-19,21-26H2,1-2H3/b13-6+/t29-,30-/m0/s1. The van der Waals surface area contributed by atoms with E-state index in [0.717, 1.165) is 43.0 Å². The second-order valence-corrected chi connectivity index (χ2v) is 13.1. The predicted molar refractivity (Wildman–Crippen MR) is 186 cm³/mol. The predicted octanol–water partition coefficient (Wildman–Crippen LogP) is 4.36. The number of hydrogen-bond acceptors (Lipinski definition) is 9. The fourth-order valence-corrected chi connectivity index (χ4v) is 7.43. The van der Waals surface area contributed by atoms with Crippen molar-refractivity contribution < 1.29 is 9.53 Å². The first-order valence-corrected chi connectivity index (χ1v) is 17.0. The molecule has 5 heterocycles. The zero-order chi connectivity index (χ0) is 33.0. The number of piperazine rings is 1. The van der Waals surface area contributed by atoms with Crippen LogP contribution in [0.25, 0.3) is 10.8 Å². The van der Waals surface area contributed by atoms with Gasteiger partial charge in [0.05, 0.1) is 37.3 Å². The van der Waals surface area contributed by atoms with Gasteiger partial charge in [-0.2, -0.15) is 20.3 Å². The Balaban J connectivity index is 1.16. The van der Waals surface area contributed by atoms with Crippen molar-refractivity contribution in [1.29, 1.82) is 5.26 Å². The molecular weight excluding hydrogens is 602 g/mol. The van der Waals surface area contributed by atoms with Crippen molar-refractivity contribution in [2.75, 3.05) is 56.2 Å². The summed E-state index contributed by atoms with van der Waals surface area (Å²) in [4.78, 5) is 32.2. The van der Waals surface area contributed by atoms with E-state index in [9.17, 15) is 10.1 Å². The van der Waals surface area contributed by atoms with Gasteiger partial charge in [0.15, 0.2) is 0 Å². The number of amides is 1. The maximum absolute atomic E-state index is 13.3. The SMILES string of the molecule is Cc1cccc2cccc(N3CCc4c(nc(OC[C@@H]5CCCN5C)nc4N4CCN(C(=O)/C=C/Cn5cccn5)[C@@H](CC#N)C4)C3)c12. The topological polar surface area (TPSA) is 107 Å². The molecule has 0 bridgehead atoms. The molecule has 2 atom stereocenters. The second kappa shape index (κ2) is 14.0. The van der Waals surface area contributed by atoms with Gasteiger partial charge < -0.3 is 24.3 Å². The van der Waals surface area contributed by atoms with E-state index in [1.54, 1.807) is 17.0 Å². The lowest BCUT2D eigenvalue weighted by molar-refractivity contribution is -0.128. The molecule has 3 aliphatic rings. The molecule has 1 amide bonds. The molecule has 4 aromatic rings. The molecule has 0 unspecified atom stereocenters. The van der Waals surface area contributed by atoms with Gasteiger partial charge in [0.2, 0.25) is 5.91 Å². The molecule has 7 rings (SSSR count). The average Bonchev–Trinajstić information content (AvgIpc) is 3.78. The van der Waals surface area contributed by atoms with Gasteiger partial charge in [-0.1, -0.05) is 36.4 Å². The summed E-state index contributed by atoms with van der Waals surface area (Å²) in [5.41, 5.74) is 4.58. The normalized spacial score (nSPS) is 20.0. The van der Waals surface area contributed by atoms with Crippen molar-refractivity contribution in [3.63, 3.8) is 0 Å². The van der Waals surface area contributed by atoms with Gasteiger partial charge in [-0.25, -0.2) is 0 Å². The summed E-state index contributed by atoms with van der Waals surface area (Å²) in [6, 6.07) is 17.6. The number of aromatic nitrogens is 4. The minimum absolute atomic E-state index is 0.0856. The number of carbonyl (C=O) groups is 1. The summed E-state index contributed by atoms with van der Waals surface area (Å²) in [6.45, 7) is 7.44. The number of likely N-dealkylation sites (tertiary alicyclic amines) is 1. The van der Waals surface area contributed by atoms with E-state index < -0.39 is 0 Å². The van der Waals surface area contributed by atoms with Crippen LogP contribution in [0.4, 0.5) is 11.5 Å². The maximum Gasteiger partial charge on any atom is 0.318 e. The highest BCUT2D eigenvalue weighted by molar-refractivity contribution is 5.97. The quantitative estimate of drug-likeness (QED) is 0.246. The minimum Gasteiger partial charge on any atom is -0.462 e. The highest BCUT2D eigenvalue weighted by Crippen LogP contribution is 2.36. The summed E-state index contributed by atoms with van der Waals surface area (Å²) < 4.78 is 8.12. The highest BCUT2D eigenvalue weighted by atomic mass is 16.5. The maximum atomic E-state index is 13.3. The number of benzene rings is 2. The van der Waals surface area contributed by atoms with Gasteiger partial charge in [-0.05, 0) is 62.9 Å². The first-order chi connectivity index (χ1) is 23.5. The van der Waals surface area contributed by atoms with Gasteiger partial charge >= 0.3 is 6.01 Å². The number of allylic oxidation sites excluding steroid dienone is 1. The van der Waals surface area contributed by atoms with Crippen molar-refractivity contribution in [3.05, 3.63) is 83.8 Å². The van der Waals surface area contributed by atoms with Crippen LogP contribution in [0, 0.1) is 18.3 Å². The average molecular weight is 646 g/mol. The van der Waals surface area contributed by atoms with Gasteiger partial charge in [-0.3, -0.25) is 9.48 Å². The smallest absolute Gasteiger partial charge is 0.318 e. The van der Waals surface area contributed by atoms with Crippen LogP contribution < -0.4 is 14.5 Å². The number of carbonyl (C=O) groups excluding carboxylic acids is 1. The zero-order valence-corrected chi connectivity index (χ0v) is 27.8. The molecule has 3 aliphatic heterocycles. The Labute approximate surface area is 282 Å². The van der Waals surface area contributed by atoms with E-state index in [2.05, 4.69) is 76.2 Å². The number of aryl methyl sites for hydroxylation is 1. The van der Waals surface area contributed by atoms with Crippen molar-refractivity contribution in [2.24, 2.45) is 0 Å². The first kappa shape index (κ1) is 31.6.